The zero-order chi connectivity index (χ0) is 11.1. The van der Waals surface area contributed by atoms with Crippen LogP contribution in [-0.2, 0) is 4.74 Å². The normalized spacial score (nSPS) is 17.4. The summed E-state index contributed by atoms with van der Waals surface area (Å²) in [7, 11) is 0. The first-order chi connectivity index (χ1) is 7.24. The Bertz CT molecular complexity index is 242. The smallest absolute Gasteiger partial charge is 0.407 e. The van der Waals surface area contributed by atoms with Crippen LogP contribution in [0.5, 0.6) is 0 Å². The van der Waals surface area contributed by atoms with Crippen molar-refractivity contribution in [3.63, 3.8) is 0 Å². The van der Waals surface area contributed by atoms with E-state index in [1.54, 1.807) is 0 Å². The van der Waals surface area contributed by atoms with Crippen LogP contribution in [0.2, 0.25) is 0 Å². The number of amides is 1. The average Bonchev–Trinajstić information content (AvgIpc) is 2.25. The number of carbonyl (C=O) groups is 1. The highest BCUT2D eigenvalue weighted by molar-refractivity contribution is 5.65. The first-order valence-corrected chi connectivity index (χ1v) is 4.95. The third kappa shape index (κ3) is 4.19. The van der Waals surface area contributed by atoms with Crippen LogP contribution in [-0.4, -0.2) is 66.9 Å². The van der Waals surface area contributed by atoms with Gasteiger partial charge in [-0.3, -0.25) is 4.90 Å². The van der Waals surface area contributed by atoms with Gasteiger partial charge in [-0.1, -0.05) is 5.92 Å². The van der Waals surface area contributed by atoms with Gasteiger partial charge in [-0.15, -0.1) is 6.42 Å². The Morgan fingerprint density at radius 3 is 2.60 bits per heavy atom. The van der Waals surface area contributed by atoms with Gasteiger partial charge >= 0.3 is 6.09 Å². The molecule has 1 fully saturated rings. The summed E-state index contributed by atoms with van der Waals surface area (Å²) in [4.78, 5) is 14.2. The first kappa shape index (κ1) is 11.8. The maximum Gasteiger partial charge on any atom is 0.407 e. The van der Waals surface area contributed by atoms with Crippen LogP contribution < -0.4 is 0 Å². The molecule has 0 atom stereocenters. The molecule has 1 saturated heterocycles. The van der Waals surface area contributed by atoms with Crippen molar-refractivity contribution >= 4 is 6.09 Å². The van der Waals surface area contributed by atoms with E-state index >= 15 is 0 Å². The molecule has 0 aromatic carbocycles. The number of hydrogen-bond donors (Lipinski definition) is 1. The zero-order valence-electron chi connectivity index (χ0n) is 8.69. The van der Waals surface area contributed by atoms with Gasteiger partial charge in [-0.25, -0.2) is 4.79 Å². The molecule has 1 rings (SSSR count). The minimum Gasteiger partial charge on any atom is -0.465 e. The van der Waals surface area contributed by atoms with Gasteiger partial charge in [0.15, 0.2) is 0 Å². The van der Waals surface area contributed by atoms with Crippen LogP contribution in [0.25, 0.3) is 0 Å². The molecule has 5 nitrogen and oxygen atoms in total. The third-order valence-electron chi connectivity index (χ3n) is 2.38. The van der Waals surface area contributed by atoms with E-state index in [0.717, 1.165) is 19.6 Å². The van der Waals surface area contributed by atoms with E-state index in [9.17, 15) is 4.79 Å². The summed E-state index contributed by atoms with van der Waals surface area (Å²) in [6.07, 6.45) is 4.20. The van der Waals surface area contributed by atoms with Crippen molar-refractivity contribution in [1.29, 1.82) is 0 Å². The van der Waals surface area contributed by atoms with E-state index in [1.165, 1.54) is 4.90 Å². The molecule has 0 aliphatic carbocycles. The van der Waals surface area contributed by atoms with Crippen LogP contribution in [0.1, 0.15) is 0 Å². The second-order valence-corrected chi connectivity index (χ2v) is 3.37. The molecule has 84 valence electrons. The number of carboxylic acid groups (broad SMARTS) is 1. The largest absolute Gasteiger partial charge is 0.465 e. The number of nitrogens with zero attached hydrogens (tertiary/aromatic N) is 2. The van der Waals surface area contributed by atoms with Crippen LogP contribution in [0, 0.1) is 12.3 Å². The summed E-state index contributed by atoms with van der Waals surface area (Å²) in [5.41, 5.74) is 0. The fourth-order valence-corrected chi connectivity index (χ4v) is 1.49. The van der Waals surface area contributed by atoms with E-state index in [-0.39, 0.29) is 0 Å². The Balaban J connectivity index is 2.10. The molecule has 0 radical (unpaired) electrons. The predicted molar refractivity (Wildman–Crippen MR) is 55.7 cm³/mol. The van der Waals surface area contributed by atoms with E-state index in [1.807, 2.05) is 0 Å². The van der Waals surface area contributed by atoms with Gasteiger partial charge in [0.25, 0.3) is 0 Å². The van der Waals surface area contributed by atoms with Crippen molar-refractivity contribution in [2.75, 3.05) is 45.9 Å². The second kappa shape index (κ2) is 6.27. The number of terminal acetylenes is 1. The summed E-state index contributed by atoms with van der Waals surface area (Å²) in [6, 6.07) is 0. The lowest BCUT2D eigenvalue weighted by Crippen LogP contribution is -2.48. The van der Waals surface area contributed by atoms with Crippen LogP contribution in [0.3, 0.4) is 0 Å². The minimum atomic E-state index is -0.835. The van der Waals surface area contributed by atoms with Gasteiger partial charge in [-0.2, -0.15) is 0 Å². The molecule has 1 amide bonds. The second-order valence-electron chi connectivity index (χ2n) is 3.37. The molecule has 15 heavy (non-hydrogen) atoms. The van der Waals surface area contributed by atoms with Gasteiger partial charge in [0.2, 0.25) is 0 Å². The molecule has 0 aromatic rings. The molecule has 0 bridgehead atoms. The molecule has 1 aliphatic rings. The minimum absolute atomic E-state index is 0.342. The van der Waals surface area contributed by atoms with Gasteiger partial charge in [-0.05, 0) is 0 Å². The molecular weight excluding hydrogens is 196 g/mol. The average molecular weight is 212 g/mol. The molecule has 0 saturated carbocycles. The number of rotatable bonds is 4. The van der Waals surface area contributed by atoms with Gasteiger partial charge in [0.1, 0.15) is 6.61 Å². The monoisotopic (exact) mass is 212 g/mol. The van der Waals surface area contributed by atoms with E-state index in [2.05, 4.69) is 10.8 Å². The van der Waals surface area contributed by atoms with Crippen LogP contribution >= 0.6 is 0 Å². The quantitative estimate of drug-likeness (QED) is 0.523. The third-order valence-corrected chi connectivity index (χ3v) is 2.38. The summed E-state index contributed by atoms with van der Waals surface area (Å²) in [5, 5.41) is 8.73. The summed E-state index contributed by atoms with van der Waals surface area (Å²) >= 11 is 0. The number of hydrogen-bond acceptors (Lipinski definition) is 3. The van der Waals surface area contributed by atoms with Gasteiger partial charge in [0, 0.05) is 32.7 Å². The van der Waals surface area contributed by atoms with Gasteiger partial charge in [0.05, 0.1) is 6.61 Å². The highest BCUT2D eigenvalue weighted by atomic mass is 16.5. The van der Waals surface area contributed by atoms with Gasteiger partial charge < -0.3 is 14.7 Å². The van der Waals surface area contributed by atoms with E-state index < -0.39 is 6.09 Å². The van der Waals surface area contributed by atoms with Crippen LogP contribution in [0.15, 0.2) is 0 Å². The fourth-order valence-electron chi connectivity index (χ4n) is 1.49. The molecule has 1 heterocycles. The fraction of sp³-hybridized carbons (Fsp3) is 0.700. The molecule has 0 unspecified atom stereocenters. The SMILES string of the molecule is C#CCOCCN1CCN(C(=O)O)CC1. The van der Waals surface area contributed by atoms with Crippen molar-refractivity contribution < 1.29 is 14.6 Å². The Labute approximate surface area is 89.6 Å². The lowest BCUT2D eigenvalue weighted by atomic mass is 10.3. The summed E-state index contributed by atoms with van der Waals surface area (Å²) < 4.78 is 5.15. The van der Waals surface area contributed by atoms with Crippen molar-refractivity contribution in [3.05, 3.63) is 0 Å². The Hall–Kier alpha value is -1.25. The van der Waals surface area contributed by atoms with Crippen LogP contribution in [0.4, 0.5) is 4.79 Å². The first-order valence-electron chi connectivity index (χ1n) is 4.95. The Kier molecular flexibility index (Phi) is 4.95. The molecule has 1 aliphatic heterocycles. The Morgan fingerprint density at radius 1 is 1.40 bits per heavy atom. The zero-order valence-corrected chi connectivity index (χ0v) is 8.69. The van der Waals surface area contributed by atoms with E-state index in [4.69, 9.17) is 16.3 Å². The molecule has 5 heteroatoms. The maximum absolute atomic E-state index is 10.6. The maximum atomic E-state index is 10.6. The van der Waals surface area contributed by atoms with Crippen molar-refractivity contribution in [3.8, 4) is 12.3 Å². The molecular formula is C10H16N2O3. The lowest BCUT2D eigenvalue weighted by Gasteiger charge is -2.32. The summed E-state index contributed by atoms with van der Waals surface area (Å²) in [5.74, 6) is 2.40. The standard InChI is InChI=1S/C10H16N2O3/c1-2-8-15-9-7-11-3-5-12(6-4-11)10(13)14/h1H,3-9H2,(H,13,14). The lowest BCUT2D eigenvalue weighted by molar-refractivity contribution is 0.0818. The predicted octanol–water partition coefficient (Wildman–Crippen LogP) is -0.0682. The summed E-state index contributed by atoms with van der Waals surface area (Å²) in [6.45, 7) is 4.45. The van der Waals surface area contributed by atoms with Crippen molar-refractivity contribution in [2.45, 2.75) is 0 Å². The molecule has 0 spiro atoms. The highest BCUT2D eigenvalue weighted by Crippen LogP contribution is 2.01. The highest BCUT2D eigenvalue weighted by Gasteiger charge is 2.19. The van der Waals surface area contributed by atoms with Crippen molar-refractivity contribution in [2.24, 2.45) is 0 Å². The van der Waals surface area contributed by atoms with E-state index in [0.29, 0.717) is 26.3 Å². The van der Waals surface area contributed by atoms with Crippen molar-refractivity contribution in [1.82, 2.24) is 9.80 Å². The topological polar surface area (TPSA) is 53.0 Å². The molecule has 1 N–H and O–H groups in total. The molecule has 0 aromatic heterocycles. The number of piperazine rings is 1. The number of ether oxygens (including phenoxy) is 1. The Morgan fingerprint density at radius 2 is 2.07 bits per heavy atom.